The molecule has 0 aliphatic carbocycles. The van der Waals surface area contributed by atoms with Gasteiger partial charge in [-0.25, -0.2) is 0 Å². The monoisotopic (exact) mass is 348 g/mol. The fourth-order valence-electron chi connectivity index (χ4n) is 3.54. The van der Waals surface area contributed by atoms with Crippen molar-refractivity contribution in [3.05, 3.63) is 23.8 Å². The lowest BCUT2D eigenvalue weighted by Crippen LogP contribution is -2.50. The van der Waals surface area contributed by atoms with Crippen molar-refractivity contribution in [1.29, 1.82) is 0 Å². The second-order valence-electron chi connectivity index (χ2n) is 7.30. The summed E-state index contributed by atoms with van der Waals surface area (Å²) in [5.41, 5.74) is 0.116. The molecule has 6 nitrogen and oxygen atoms in total. The van der Waals surface area contributed by atoms with Gasteiger partial charge in [0, 0.05) is 39.2 Å². The first-order valence-corrected chi connectivity index (χ1v) is 8.99. The van der Waals surface area contributed by atoms with E-state index < -0.39 is 5.60 Å². The van der Waals surface area contributed by atoms with E-state index in [4.69, 9.17) is 9.47 Å². The van der Waals surface area contributed by atoms with Gasteiger partial charge in [0.05, 0.1) is 25.2 Å². The third-order valence-corrected chi connectivity index (χ3v) is 4.86. The fourth-order valence-corrected chi connectivity index (χ4v) is 3.54. The number of likely N-dealkylation sites (tertiary alicyclic amines) is 1. The molecule has 2 aliphatic rings. The highest BCUT2D eigenvalue weighted by Crippen LogP contribution is 2.35. The van der Waals surface area contributed by atoms with Crippen LogP contribution in [0.1, 0.15) is 31.2 Å². The number of benzene rings is 1. The Morgan fingerprint density at radius 1 is 1.28 bits per heavy atom. The number of amides is 1. The second-order valence-corrected chi connectivity index (χ2v) is 7.30. The van der Waals surface area contributed by atoms with Crippen molar-refractivity contribution in [3.63, 3.8) is 0 Å². The Hall–Kier alpha value is -1.79. The normalized spacial score (nSPS) is 23.8. The summed E-state index contributed by atoms with van der Waals surface area (Å²) < 4.78 is 11.6. The summed E-state index contributed by atoms with van der Waals surface area (Å²) in [7, 11) is 3.45. The number of rotatable bonds is 4. The molecule has 6 heteroatoms. The maximum absolute atomic E-state index is 12.0. The summed E-state index contributed by atoms with van der Waals surface area (Å²) in [6, 6.07) is 5.97. The largest absolute Gasteiger partial charge is 0.490 e. The Kier molecular flexibility index (Phi) is 5.49. The number of piperidine rings is 1. The summed E-state index contributed by atoms with van der Waals surface area (Å²) in [5, 5.41) is 10.9. The molecule has 138 valence electrons. The highest BCUT2D eigenvalue weighted by molar-refractivity contribution is 5.76. The van der Waals surface area contributed by atoms with Crippen LogP contribution < -0.4 is 9.47 Å². The van der Waals surface area contributed by atoms with Crippen LogP contribution in [0.25, 0.3) is 0 Å². The molecule has 0 radical (unpaired) electrons. The predicted molar refractivity (Wildman–Crippen MR) is 94.8 cm³/mol. The van der Waals surface area contributed by atoms with E-state index in [2.05, 4.69) is 4.90 Å². The standard InChI is InChI=1S/C19H28N2O4/c1-20(2)17(22)12-19(23)8-4-9-21(14-19)13-15-6-3-7-16-18(15)25-11-5-10-24-16/h3,6-7,23H,4-5,8-14H2,1-2H3. The average Bonchev–Trinajstić information content (AvgIpc) is 2.80. The number of para-hydroxylation sites is 1. The first kappa shape index (κ1) is 18.0. The molecule has 1 unspecified atom stereocenters. The molecule has 1 amide bonds. The lowest BCUT2D eigenvalue weighted by molar-refractivity contribution is -0.136. The quantitative estimate of drug-likeness (QED) is 0.897. The van der Waals surface area contributed by atoms with Crippen LogP contribution in [-0.4, -0.2) is 66.8 Å². The molecule has 1 saturated heterocycles. The summed E-state index contributed by atoms with van der Waals surface area (Å²) in [5.74, 6) is 1.58. The van der Waals surface area contributed by atoms with Gasteiger partial charge < -0.3 is 19.5 Å². The number of nitrogens with zero attached hydrogens (tertiary/aromatic N) is 2. The van der Waals surface area contributed by atoms with Crippen molar-refractivity contribution in [2.45, 2.75) is 37.8 Å². The Balaban J connectivity index is 1.70. The Bertz CT molecular complexity index is 619. The van der Waals surface area contributed by atoms with E-state index in [0.29, 0.717) is 32.7 Å². The van der Waals surface area contributed by atoms with Gasteiger partial charge in [0.15, 0.2) is 11.5 Å². The summed E-state index contributed by atoms with van der Waals surface area (Å²) in [4.78, 5) is 15.8. The third kappa shape index (κ3) is 4.44. The molecule has 2 heterocycles. The molecular formula is C19H28N2O4. The molecule has 1 aromatic rings. The summed E-state index contributed by atoms with van der Waals surface area (Å²) in [6.45, 7) is 3.42. The molecule has 0 saturated carbocycles. The third-order valence-electron chi connectivity index (χ3n) is 4.86. The molecule has 1 fully saturated rings. The predicted octanol–water partition coefficient (Wildman–Crippen LogP) is 1.65. The van der Waals surface area contributed by atoms with Crippen LogP contribution in [0.2, 0.25) is 0 Å². The van der Waals surface area contributed by atoms with Crippen LogP contribution in [0.15, 0.2) is 18.2 Å². The second kappa shape index (κ2) is 7.62. The molecule has 2 aliphatic heterocycles. The van der Waals surface area contributed by atoms with Gasteiger partial charge in [0.2, 0.25) is 5.91 Å². The van der Waals surface area contributed by atoms with Crippen molar-refractivity contribution in [2.75, 3.05) is 40.4 Å². The topological polar surface area (TPSA) is 62.2 Å². The lowest BCUT2D eigenvalue weighted by Gasteiger charge is -2.39. The maximum atomic E-state index is 12.0. The van der Waals surface area contributed by atoms with Gasteiger partial charge in [-0.2, -0.15) is 0 Å². The summed E-state index contributed by atoms with van der Waals surface area (Å²) >= 11 is 0. The molecule has 3 rings (SSSR count). The van der Waals surface area contributed by atoms with E-state index in [-0.39, 0.29) is 12.3 Å². The minimum absolute atomic E-state index is 0.0327. The maximum Gasteiger partial charge on any atom is 0.224 e. The minimum Gasteiger partial charge on any atom is -0.490 e. The van der Waals surface area contributed by atoms with Crippen molar-refractivity contribution >= 4 is 5.91 Å². The van der Waals surface area contributed by atoms with Crippen LogP contribution in [0.4, 0.5) is 0 Å². The van der Waals surface area contributed by atoms with E-state index in [0.717, 1.165) is 36.4 Å². The number of carbonyl (C=O) groups excluding carboxylic acids is 1. The van der Waals surface area contributed by atoms with Gasteiger partial charge in [-0.05, 0) is 25.5 Å². The SMILES string of the molecule is CN(C)C(=O)CC1(O)CCCN(Cc2cccc3c2OCCCO3)C1. The number of carbonyl (C=O) groups is 1. The van der Waals surface area contributed by atoms with Gasteiger partial charge in [0.1, 0.15) is 0 Å². The van der Waals surface area contributed by atoms with E-state index in [9.17, 15) is 9.90 Å². The molecule has 1 atom stereocenters. The lowest BCUT2D eigenvalue weighted by atomic mass is 9.89. The molecular weight excluding hydrogens is 320 g/mol. The fraction of sp³-hybridized carbons (Fsp3) is 0.632. The van der Waals surface area contributed by atoms with Crippen LogP contribution in [-0.2, 0) is 11.3 Å². The zero-order chi connectivity index (χ0) is 17.9. The van der Waals surface area contributed by atoms with Gasteiger partial charge >= 0.3 is 0 Å². The van der Waals surface area contributed by atoms with Crippen molar-refractivity contribution < 1.29 is 19.4 Å². The number of ether oxygens (including phenoxy) is 2. The van der Waals surface area contributed by atoms with Crippen LogP contribution in [0.5, 0.6) is 11.5 Å². The van der Waals surface area contributed by atoms with E-state index in [1.54, 1.807) is 19.0 Å². The zero-order valence-corrected chi connectivity index (χ0v) is 15.2. The van der Waals surface area contributed by atoms with Crippen LogP contribution in [0, 0.1) is 0 Å². The minimum atomic E-state index is -0.956. The van der Waals surface area contributed by atoms with Crippen LogP contribution in [0.3, 0.4) is 0 Å². The number of fused-ring (bicyclic) bond motifs is 1. The average molecular weight is 348 g/mol. The Labute approximate surface area is 149 Å². The van der Waals surface area contributed by atoms with E-state index in [1.165, 1.54) is 0 Å². The zero-order valence-electron chi connectivity index (χ0n) is 15.2. The molecule has 0 spiro atoms. The molecule has 25 heavy (non-hydrogen) atoms. The Morgan fingerprint density at radius 3 is 2.88 bits per heavy atom. The Morgan fingerprint density at radius 2 is 2.08 bits per heavy atom. The van der Waals surface area contributed by atoms with E-state index in [1.807, 2.05) is 18.2 Å². The van der Waals surface area contributed by atoms with Crippen molar-refractivity contribution in [1.82, 2.24) is 9.80 Å². The summed E-state index contributed by atoms with van der Waals surface area (Å²) in [6.07, 6.45) is 2.59. The van der Waals surface area contributed by atoms with Gasteiger partial charge in [-0.15, -0.1) is 0 Å². The van der Waals surface area contributed by atoms with Crippen molar-refractivity contribution in [3.8, 4) is 11.5 Å². The highest BCUT2D eigenvalue weighted by Gasteiger charge is 2.36. The van der Waals surface area contributed by atoms with Crippen molar-refractivity contribution in [2.24, 2.45) is 0 Å². The van der Waals surface area contributed by atoms with Crippen LogP contribution >= 0.6 is 0 Å². The van der Waals surface area contributed by atoms with Gasteiger partial charge in [-0.1, -0.05) is 12.1 Å². The number of hydrogen-bond donors (Lipinski definition) is 1. The smallest absolute Gasteiger partial charge is 0.224 e. The molecule has 1 aromatic carbocycles. The first-order valence-electron chi connectivity index (χ1n) is 8.99. The van der Waals surface area contributed by atoms with Gasteiger partial charge in [-0.3, -0.25) is 9.69 Å². The molecule has 1 N–H and O–H groups in total. The number of hydrogen-bond acceptors (Lipinski definition) is 5. The molecule has 0 aromatic heterocycles. The number of β-amino-alcohol motifs (C(OH)–C–C–N with tert-alkyl or cyclic N) is 1. The van der Waals surface area contributed by atoms with Gasteiger partial charge in [0.25, 0.3) is 0 Å². The highest BCUT2D eigenvalue weighted by atomic mass is 16.5. The molecule has 0 bridgehead atoms. The number of aliphatic hydroxyl groups is 1. The van der Waals surface area contributed by atoms with E-state index >= 15 is 0 Å². The first-order chi connectivity index (χ1) is 12.0.